The summed E-state index contributed by atoms with van der Waals surface area (Å²) in [6, 6.07) is 7.89. The van der Waals surface area contributed by atoms with E-state index in [2.05, 4.69) is 19.9 Å². The second-order valence-electron chi connectivity index (χ2n) is 5.89. The van der Waals surface area contributed by atoms with E-state index in [1.807, 2.05) is 38.4 Å². The molecule has 1 aromatic carbocycles. The Morgan fingerprint density at radius 2 is 2.00 bits per heavy atom. The van der Waals surface area contributed by atoms with Crippen molar-refractivity contribution in [3.05, 3.63) is 41.3 Å². The maximum Gasteiger partial charge on any atom is 0.343 e. The first-order valence-electron chi connectivity index (χ1n) is 8.29. The zero-order valence-electron chi connectivity index (χ0n) is 15.2. The zero-order chi connectivity index (χ0) is 18.7. The topological polar surface area (TPSA) is 84.0 Å². The van der Waals surface area contributed by atoms with Crippen molar-refractivity contribution in [3.8, 4) is 0 Å². The largest absolute Gasteiger partial charge is 0.462 e. The molecule has 136 valence electrons. The second-order valence-corrected chi connectivity index (χ2v) is 6.85. The van der Waals surface area contributed by atoms with Crippen LogP contribution < -0.4 is 4.90 Å². The molecule has 0 amide bonds. The molecular weight excluding hydrogens is 350 g/mol. The molecule has 3 rings (SSSR count). The molecule has 26 heavy (non-hydrogen) atoms. The lowest BCUT2D eigenvalue weighted by Gasteiger charge is -2.17. The van der Waals surface area contributed by atoms with Gasteiger partial charge in [-0.3, -0.25) is 0 Å². The van der Waals surface area contributed by atoms with Gasteiger partial charge in [-0.25, -0.2) is 19.7 Å². The summed E-state index contributed by atoms with van der Waals surface area (Å²) >= 11 is 1.53. The van der Waals surface area contributed by atoms with Crippen molar-refractivity contribution >= 4 is 34.6 Å². The summed E-state index contributed by atoms with van der Waals surface area (Å²) in [6.45, 7) is 3.90. The number of fused-ring (bicyclic) bond motifs is 1. The van der Waals surface area contributed by atoms with Crippen molar-refractivity contribution in [2.24, 2.45) is 0 Å². The van der Waals surface area contributed by atoms with Gasteiger partial charge in [-0.15, -0.1) is 0 Å². The number of nitrogens with zero attached hydrogens (tertiary/aromatic N) is 4. The van der Waals surface area contributed by atoms with Crippen LogP contribution in [-0.2, 0) is 10.5 Å². The number of esters is 1. The van der Waals surface area contributed by atoms with Gasteiger partial charge in [0.25, 0.3) is 0 Å². The third-order valence-electron chi connectivity index (χ3n) is 3.73. The highest BCUT2D eigenvalue weighted by Crippen LogP contribution is 2.25. The monoisotopic (exact) mass is 371 g/mol. The SMILES string of the molecule is CCOC(=O)c1c(C)nc(CSc2nc3ccccc3[nH]2)nc1N(C)C. The molecule has 0 saturated heterocycles. The molecule has 8 heteroatoms. The minimum Gasteiger partial charge on any atom is -0.462 e. The number of aromatic amines is 1. The van der Waals surface area contributed by atoms with Gasteiger partial charge in [0.2, 0.25) is 0 Å². The molecule has 0 aliphatic heterocycles. The lowest BCUT2D eigenvalue weighted by atomic mass is 10.2. The number of carbonyl (C=O) groups is 1. The lowest BCUT2D eigenvalue weighted by Crippen LogP contribution is -2.20. The average molecular weight is 371 g/mol. The van der Waals surface area contributed by atoms with E-state index in [0.29, 0.717) is 35.3 Å². The van der Waals surface area contributed by atoms with Crippen molar-refractivity contribution in [2.75, 3.05) is 25.6 Å². The second kappa shape index (κ2) is 7.74. The Bertz CT molecular complexity index is 905. The van der Waals surface area contributed by atoms with E-state index in [4.69, 9.17) is 4.74 Å². The molecule has 7 nitrogen and oxygen atoms in total. The molecular formula is C18H21N5O2S. The van der Waals surface area contributed by atoms with Gasteiger partial charge in [0.05, 0.1) is 29.1 Å². The molecule has 0 atom stereocenters. The van der Waals surface area contributed by atoms with Crippen LogP contribution in [0.25, 0.3) is 11.0 Å². The zero-order valence-corrected chi connectivity index (χ0v) is 16.1. The van der Waals surface area contributed by atoms with Crippen molar-refractivity contribution in [1.29, 1.82) is 0 Å². The maximum atomic E-state index is 12.2. The standard InChI is InChI=1S/C18H21N5O2S/c1-5-25-17(24)15-11(2)19-14(22-16(15)23(3)4)10-26-18-20-12-8-6-7-9-13(12)21-18/h6-9H,5,10H2,1-4H3,(H,20,21). The number of carbonyl (C=O) groups excluding carboxylic acids is 1. The Hall–Kier alpha value is -2.61. The third kappa shape index (κ3) is 3.80. The molecule has 0 saturated carbocycles. The maximum absolute atomic E-state index is 12.2. The highest BCUT2D eigenvalue weighted by atomic mass is 32.2. The number of thioether (sulfide) groups is 1. The van der Waals surface area contributed by atoms with Gasteiger partial charge < -0.3 is 14.6 Å². The smallest absolute Gasteiger partial charge is 0.343 e. The summed E-state index contributed by atoms with van der Waals surface area (Å²) in [7, 11) is 3.70. The number of benzene rings is 1. The Balaban J connectivity index is 1.84. The Kier molecular flexibility index (Phi) is 5.41. The normalized spacial score (nSPS) is 10.9. The molecule has 0 aliphatic rings. The molecule has 3 aromatic rings. The molecule has 0 bridgehead atoms. The molecule has 0 unspecified atom stereocenters. The minimum absolute atomic E-state index is 0.314. The van der Waals surface area contributed by atoms with Gasteiger partial charge in [0.15, 0.2) is 5.16 Å². The first kappa shape index (κ1) is 18.2. The average Bonchev–Trinajstić information content (AvgIpc) is 3.02. The number of H-pyrrole nitrogens is 1. The first-order valence-corrected chi connectivity index (χ1v) is 9.27. The van der Waals surface area contributed by atoms with E-state index in [9.17, 15) is 4.79 Å². The summed E-state index contributed by atoms with van der Waals surface area (Å²) in [6.07, 6.45) is 0. The number of para-hydroxylation sites is 2. The number of hydrogen-bond acceptors (Lipinski definition) is 7. The fraction of sp³-hybridized carbons (Fsp3) is 0.333. The Labute approximate surface area is 156 Å². The lowest BCUT2D eigenvalue weighted by molar-refractivity contribution is 0.0525. The van der Waals surface area contributed by atoms with E-state index in [0.717, 1.165) is 16.2 Å². The molecule has 2 heterocycles. The van der Waals surface area contributed by atoms with Crippen molar-refractivity contribution in [3.63, 3.8) is 0 Å². The first-order chi connectivity index (χ1) is 12.5. The van der Waals surface area contributed by atoms with E-state index in [1.54, 1.807) is 18.7 Å². The molecule has 0 fully saturated rings. The van der Waals surface area contributed by atoms with E-state index < -0.39 is 5.97 Å². The van der Waals surface area contributed by atoms with E-state index >= 15 is 0 Å². The van der Waals surface area contributed by atoms with Crippen LogP contribution in [0, 0.1) is 6.92 Å². The fourth-order valence-electron chi connectivity index (χ4n) is 2.58. The highest BCUT2D eigenvalue weighted by molar-refractivity contribution is 7.98. The van der Waals surface area contributed by atoms with E-state index in [-0.39, 0.29) is 0 Å². The summed E-state index contributed by atoms with van der Waals surface area (Å²) in [5.41, 5.74) is 2.95. The number of nitrogens with one attached hydrogen (secondary N) is 1. The van der Waals surface area contributed by atoms with Crippen LogP contribution in [-0.4, -0.2) is 46.6 Å². The van der Waals surface area contributed by atoms with Crippen LogP contribution in [0.5, 0.6) is 0 Å². The van der Waals surface area contributed by atoms with Crippen LogP contribution in [0.1, 0.15) is 28.8 Å². The molecule has 0 aliphatic carbocycles. The summed E-state index contributed by atoms with van der Waals surface area (Å²) in [5, 5.41) is 0.813. The number of anilines is 1. The van der Waals surface area contributed by atoms with Gasteiger partial charge in [-0.1, -0.05) is 23.9 Å². The Morgan fingerprint density at radius 1 is 1.23 bits per heavy atom. The molecule has 0 spiro atoms. The van der Waals surface area contributed by atoms with Crippen LogP contribution >= 0.6 is 11.8 Å². The van der Waals surface area contributed by atoms with Gasteiger partial charge in [0, 0.05) is 14.1 Å². The Morgan fingerprint density at radius 3 is 2.69 bits per heavy atom. The molecule has 2 aromatic heterocycles. The fourth-order valence-corrected chi connectivity index (χ4v) is 3.32. The summed E-state index contributed by atoms with van der Waals surface area (Å²) in [4.78, 5) is 30.9. The van der Waals surface area contributed by atoms with Gasteiger partial charge in [0.1, 0.15) is 17.2 Å². The third-order valence-corrected chi connectivity index (χ3v) is 4.60. The summed E-state index contributed by atoms with van der Waals surface area (Å²) < 4.78 is 5.14. The molecule has 1 N–H and O–H groups in total. The predicted octanol–water partition coefficient (Wildman–Crippen LogP) is 3.20. The summed E-state index contributed by atoms with van der Waals surface area (Å²) in [5.74, 6) is 1.36. The van der Waals surface area contributed by atoms with Crippen LogP contribution in [0.3, 0.4) is 0 Å². The van der Waals surface area contributed by atoms with Gasteiger partial charge in [-0.05, 0) is 26.0 Å². The van der Waals surface area contributed by atoms with E-state index in [1.165, 1.54) is 11.8 Å². The van der Waals surface area contributed by atoms with Crippen LogP contribution in [0.4, 0.5) is 5.82 Å². The number of ether oxygens (including phenoxy) is 1. The molecule has 0 radical (unpaired) electrons. The number of imidazole rings is 1. The number of aromatic nitrogens is 4. The van der Waals surface area contributed by atoms with Crippen molar-refractivity contribution in [2.45, 2.75) is 24.8 Å². The number of rotatable bonds is 6. The number of hydrogen-bond donors (Lipinski definition) is 1. The van der Waals surface area contributed by atoms with Crippen molar-refractivity contribution < 1.29 is 9.53 Å². The highest BCUT2D eigenvalue weighted by Gasteiger charge is 2.21. The minimum atomic E-state index is -0.398. The quantitative estimate of drug-likeness (QED) is 0.526. The van der Waals surface area contributed by atoms with Crippen LogP contribution in [0.2, 0.25) is 0 Å². The van der Waals surface area contributed by atoms with Gasteiger partial charge in [-0.2, -0.15) is 0 Å². The van der Waals surface area contributed by atoms with Crippen molar-refractivity contribution in [1.82, 2.24) is 19.9 Å². The van der Waals surface area contributed by atoms with Crippen LogP contribution in [0.15, 0.2) is 29.4 Å². The predicted molar refractivity (Wildman–Crippen MR) is 103 cm³/mol. The number of aryl methyl sites for hydroxylation is 1. The van der Waals surface area contributed by atoms with Gasteiger partial charge >= 0.3 is 5.97 Å².